The highest BCUT2D eigenvalue weighted by Crippen LogP contribution is 2.01. The predicted molar refractivity (Wildman–Crippen MR) is 72.9 cm³/mol. The van der Waals surface area contributed by atoms with Crippen molar-refractivity contribution in [3.63, 3.8) is 0 Å². The molecule has 0 aliphatic heterocycles. The summed E-state index contributed by atoms with van der Waals surface area (Å²) in [6.07, 6.45) is 4.45. The van der Waals surface area contributed by atoms with Crippen molar-refractivity contribution in [2.75, 3.05) is 30.4 Å². The molecule has 0 aromatic carbocycles. The molecule has 0 atom stereocenters. The summed E-state index contributed by atoms with van der Waals surface area (Å²) in [5, 5.41) is 5.56. The lowest BCUT2D eigenvalue weighted by Gasteiger charge is -2.06. The van der Waals surface area contributed by atoms with Gasteiger partial charge >= 0.3 is 0 Å². The monoisotopic (exact) mass is 286 g/mol. The lowest BCUT2D eigenvalue weighted by molar-refractivity contribution is 0.0948. The second-order valence-corrected chi connectivity index (χ2v) is 6.32. The average Bonchev–Trinajstić information content (AvgIpc) is 2.34. The van der Waals surface area contributed by atoms with Crippen LogP contribution in [0, 0.1) is 0 Å². The number of amides is 1. The molecule has 106 valence electrons. The van der Waals surface area contributed by atoms with Crippen molar-refractivity contribution in [1.82, 2.24) is 15.3 Å². The molecule has 0 saturated carbocycles. The minimum Gasteiger partial charge on any atom is -0.369 e. The number of nitrogens with one attached hydrogen (secondary N) is 2. The van der Waals surface area contributed by atoms with E-state index in [0.29, 0.717) is 25.3 Å². The van der Waals surface area contributed by atoms with Gasteiger partial charge in [0.15, 0.2) is 0 Å². The summed E-state index contributed by atoms with van der Waals surface area (Å²) in [5.74, 6) is 0.225. The Morgan fingerprint density at radius 1 is 1.37 bits per heavy atom. The third-order valence-corrected chi connectivity index (χ3v) is 3.23. The Morgan fingerprint density at radius 2 is 2.11 bits per heavy atom. The van der Waals surface area contributed by atoms with Gasteiger partial charge in [0.2, 0.25) is 0 Å². The fourth-order valence-corrected chi connectivity index (χ4v) is 2.04. The quantitative estimate of drug-likeness (QED) is 0.688. The number of sulfone groups is 1. The molecule has 1 heterocycles. The minimum atomic E-state index is -2.99. The van der Waals surface area contributed by atoms with Crippen molar-refractivity contribution in [3.05, 3.63) is 18.1 Å². The van der Waals surface area contributed by atoms with Crippen LogP contribution in [0.3, 0.4) is 0 Å². The summed E-state index contributed by atoms with van der Waals surface area (Å²) >= 11 is 0. The number of carbonyl (C=O) groups excluding carboxylic acids is 1. The highest BCUT2D eigenvalue weighted by molar-refractivity contribution is 7.90. The normalized spacial score (nSPS) is 11.1. The number of aromatic nitrogens is 2. The number of anilines is 1. The molecule has 0 unspecified atom stereocenters. The molecule has 7 nitrogen and oxygen atoms in total. The second-order valence-electron chi connectivity index (χ2n) is 4.06. The van der Waals surface area contributed by atoms with Crippen LogP contribution in [-0.2, 0) is 9.84 Å². The molecule has 0 aliphatic carbocycles. The Hall–Kier alpha value is -1.70. The van der Waals surface area contributed by atoms with Crippen LogP contribution in [0.1, 0.15) is 23.8 Å². The highest BCUT2D eigenvalue weighted by Gasteiger charge is 2.08. The number of hydrogen-bond donors (Lipinski definition) is 2. The molecule has 1 rings (SSSR count). The van der Waals surface area contributed by atoms with E-state index in [1.807, 2.05) is 6.92 Å². The number of rotatable bonds is 7. The third kappa shape index (κ3) is 6.14. The first kappa shape index (κ1) is 15.4. The SMILES string of the molecule is CCNc1cncc(C(=O)NCCCS(C)(=O)=O)n1. The van der Waals surface area contributed by atoms with Crippen LogP contribution in [0.4, 0.5) is 5.82 Å². The van der Waals surface area contributed by atoms with Crippen molar-refractivity contribution in [2.45, 2.75) is 13.3 Å². The van der Waals surface area contributed by atoms with Crippen molar-refractivity contribution >= 4 is 21.6 Å². The van der Waals surface area contributed by atoms with E-state index in [2.05, 4.69) is 20.6 Å². The van der Waals surface area contributed by atoms with Gasteiger partial charge in [-0.3, -0.25) is 9.78 Å². The summed E-state index contributed by atoms with van der Waals surface area (Å²) in [7, 11) is -2.99. The van der Waals surface area contributed by atoms with Crippen molar-refractivity contribution in [2.24, 2.45) is 0 Å². The van der Waals surface area contributed by atoms with Gasteiger partial charge in [0, 0.05) is 19.3 Å². The van der Waals surface area contributed by atoms with E-state index < -0.39 is 9.84 Å². The molecule has 1 aromatic heterocycles. The standard InChI is InChI=1S/C11H18N4O3S/c1-3-13-10-8-12-7-9(15-10)11(16)14-5-4-6-19(2,17)18/h7-8H,3-6H2,1-2H3,(H,13,15)(H,14,16). The van der Waals surface area contributed by atoms with Gasteiger partial charge in [-0.1, -0.05) is 0 Å². The van der Waals surface area contributed by atoms with Gasteiger partial charge in [-0.25, -0.2) is 13.4 Å². The van der Waals surface area contributed by atoms with E-state index in [1.54, 1.807) is 0 Å². The zero-order valence-corrected chi connectivity index (χ0v) is 11.8. The summed E-state index contributed by atoms with van der Waals surface area (Å²) in [4.78, 5) is 19.7. The molecular weight excluding hydrogens is 268 g/mol. The molecule has 0 fully saturated rings. The van der Waals surface area contributed by atoms with Gasteiger partial charge in [0.1, 0.15) is 21.3 Å². The van der Waals surface area contributed by atoms with E-state index in [9.17, 15) is 13.2 Å². The summed E-state index contributed by atoms with van der Waals surface area (Å²) in [6.45, 7) is 2.90. The average molecular weight is 286 g/mol. The topological polar surface area (TPSA) is 101 Å². The molecule has 0 bridgehead atoms. The predicted octanol–water partition coefficient (Wildman–Crippen LogP) is 0.0729. The van der Waals surface area contributed by atoms with E-state index >= 15 is 0 Å². The molecule has 2 N–H and O–H groups in total. The van der Waals surface area contributed by atoms with Crippen molar-refractivity contribution in [3.8, 4) is 0 Å². The van der Waals surface area contributed by atoms with Crippen LogP contribution in [-0.4, -0.2) is 49.4 Å². The van der Waals surface area contributed by atoms with Gasteiger partial charge in [-0.15, -0.1) is 0 Å². The molecular formula is C11H18N4O3S. The van der Waals surface area contributed by atoms with Crippen molar-refractivity contribution < 1.29 is 13.2 Å². The van der Waals surface area contributed by atoms with E-state index in [0.717, 1.165) is 0 Å². The van der Waals surface area contributed by atoms with E-state index in [1.165, 1.54) is 18.6 Å². The smallest absolute Gasteiger partial charge is 0.271 e. The number of carbonyl (C=O) groups is 1. The van der Waals surface area contributed by atoms with Crippen LogP contribution in [0.2, 0.25) is 0 Å². The molecule has 1 aromatic rings. The third-order valence-electron chi connectivity index (χ3n) is 2.20. The Morgan fingerprint density at radius 3 is 2.74 bits per heavy atom. The maximum absolute atomic E-state index is 11.7. The van der Waals surface area contributed by atoms with Gasteiger partial charge in [0.05, 0.1) is 18.1 Å². The largest absolute Gasteiger partial charge is 0.369 e. The van der Waals surface area contributed by atoms with Crippen LogP contribution in [0.5, 0.6) is 0 Å². The van der Waals surface area contributed by atoms with Gasteiger partial charge in [-0.05, 0) is 13.3 Å². The van der Waals surface area contributed by atoms with Gasteiger partial charge in [-0.2, -0.15) is 0 Å². The molecule has 0 spiro atoms. The van der Waals surface area contributed by atoms with Gasteiger partial charge < -0.3 is 10.6 Å². The Balaban J connectivity index is 2.47. The van der Waals surface area contributed by atoms with Crippen molar-refractivity contribution in [1.29, 1.82) is 0 Å². The second kappa shape index (κ2) is 7.03. The number of nitrogens with zero attached hydrogens (tertiary/aromatic N) is 2. The lowest BCUT2D eigenvalue weighted by atomic mass is 10.4. The van der Waals surface area contributed by atoms with Crippen LogP contribution in [0.15, 0.2) is 12.4 Å². The Labute approximate surface area is 112 Å². The highest BCUT2D eigenvalue weighted by atomic mass is 32.2. The number of hydrogen-bond acceptors (Lipinski definition) is 6. The van der Waals surface area contributed by atoms with Gasteiger partial charge in [0.25, 0.3) is 5.91 Å². The molecule has 8 heteroatoms. The first-order chi connectivity index (χ1) is 8.92. The van der Waals surface area contributed by atoms with Crippen LogP contribution < -0.4 is 10.6 Å². The van der Waals surface area contributed by atoms with Crippen LogP contribution in [0.25, 0.3) is 0 Å². The zero-order valence-electron chi connectivity index (χ0n) is 11.0. The molecule has 0 radical (unpaired) electrons. The van der Waals surface area contributed by atoms with Crippen LogP contribution >= 0.6 is 0 Å². The molecule has 0 saturated heterocycles. The first-order valence-corrected chi connectivity index (χ1v) is 8.00. The summed E-state index contributed by atoms with van der Waals surface area (Å²) < 4.78 is 21.8. The fraction of sp³-hybridized carbons (Fsp3) is 0.545. The minimum absolute atomic E-state index is 0.0520. The van der Waals surface area contributed by atoms with E-state index in [-0.39, 0.29) is 17.4 Å². The maximum atomic E-state index is 11.7. The lowest BCUT2D eigenvalue weighted by Crippen LogP contribution is -2.27. The summed E-state index contributed by atoms with van der Waals surface area (Å²) in [6, 6.07) is 0. The maximum Gasteiger partial charge on any atom is 0.271 e. The Kier molecular flexibility index (Phi) is 5.68. The first-order valence-electron chi connectivity index (χ1n) is 5.94. The fourth-order valence-electron chi connectivity index (χ4n) is 1.37. The molecule has 19 heavy (non-hydrogen) atoms. The zero-order chi connectivity index (χ0) is 14.3. The van der Waals surface area contributed by atoms with E-state index in [4.69, 9.17) is 0 Å². The molecule has 1 amide bonds. The molecule has 0 aliphatic rings. The summed E-state index contributed by atoms with van der Waals surface area (Å²) in [5.41, 5.74) is 0.206. The Bertz CT molecular complexity index is 530.